The van der Waals surface area contributed by atoms with Gasteiger partial charge in [0.1, 0.15) is 5.60 Å². The lowest BCUT2D eigenvalue weighted by atomic mass is 10.00. The van der Waals surface area contributed by atoms with E-state index < -0.39 is 5.60 Å². The van der Waals surface area contributed by atoms with Crippen molar-refractivity contribution in [2.45, 2.75) is 59.0 Å². The van der Waals surface area contributed by atoms with Crippen LogP contribution in [0.25, 0.3) is 0 Å². The van der Waals surface area contributed by atoms with Crippen LogP contribution in [0.5, 0.6) is 0 Å². The predicted molar refractivity (Wildman–Crippen MR) is 65.8 cm³/mol. The van der Waals surface area contributed by atoms with Gasteiger partial charge in [0.25, 0.3) is 0 Å². The van der Waals surface area contributed by atoms with Gasteiger partial charge in [0.05, 0.1) is 5.92 Å². The van der Waals surface area contributed by atoms with Crippen LogP contribution in [0.3, 0.4) is 0 Å². The molecule has 0 aliphatic rings. The second kappa shape index (κ2) is 8.25. The number of carbonyl (C=O) groups is 1. The standard InChI is InChI=1S/C13H24O4/c1-6-9-10-11(7-2)12(14)15-17-16-13(4,5)8-3/h8,11H,3,6-7,9-10H2,1-2,4-5H3. The summed E-state index contributed by atoms with van der Waals surface area (Å²) in [5.41, 5.74) is -0.675. The maximum absolute atomic E-state index is 11.6. The minimum atomic E-state index is -0.675. The Morgan fingerprint density at radius 2 is 2.06 bits per heavy atom. The third-order valence-corrected chi connectivity index (χ3v) is 2.59. The molecular formula is C13H24O4. The molecule has 0 aromatic carbocycles. The summed E-state index contributed by atoms with van der Waals surface area (Å²) in [7, 11) is 0. The number of hydrogen-bond donors (Lipinski definition) is 0. The van der Waals surface area contributed by atoms with Crippen LogP contribution in [0.4, 0.5) is 0 Å². The molecule has 0 fully saturated rings. The lowest BCUT2D eigenvalue weighted by Gasteiger charge is -2.18. The van der Waals surface area contributed by atoms with Crippen LogP contribution in [0, 0.1) is 5.92 Å². The van der Waals surface area contributed by atoms with Crippen LogP contribution in [0.2, 0.25) is 0 Å². The van der Waals surface area contributed by atoms with Crippen molar-refractivity contribution >= 4 is 5.97 Å². The van der Waals surface area contributed by atoms with E-state index in [1.54, 1.807) is 19.9 Å². The molecule has 17 heavy (non-hydrogen) atoms. The zero-order valence-electron chi connectivity index (χ0n) is 11.3. The van der Waals surface area contributed by atoms with E-state index in [9.17, 15) is 4.79 Å². The van der Waals surface area contributed by atoms with Crippen LogP contribution >= 0.6 is 0 Å². The largest absolute Gasteiger partial charge is 0.348 e. The third-order valence-electron chi connectivity index (χ3n) is 2.59. The summed E-state index contributed by atoms with van der Waals surface area (Å²) >= 11 is 0. The van der Waals surface area contributed by atoms with Gasteiger partial charge in [-0.15, -0.1) is 6.58 Å². The normalized spacial score (nSPS) is 13.2. The van der Waals surface area contributed by atoms with E-state index in [0.717, 1.165) is 25.7 Å². The summed E-state index contributed by atoms with van der Waals surface area (Å²) < 4.78 is 0. The minimum Gasteiger partial charge on any atom is -0.268 e. The van der Waals surface area contributed by atoms with Crippen LogP contribution in [0.1, 0.15) is 53.4 Å². The van der Waals surface area contributed by atoms with Gasteiger partial charge in [0.15, 0.2) is 0 Å². The highest BCUT2D eigenvalue weighted by molar-refractivity contribution is 5.71. The number of hydrogen-bond acceptors (Lipinski definition) is 4. The molecule has 0 spiro atoms. The van der Waals surface area contributed by atoms with Gasteiger partial charge in [-0.3, -0.25) is 4.89 Å². The average molecular weight is 244 g/mol. The van der Waals surface area contributed by atoms with Crippen LogP contribution in [-0.4, -0.2) is 11.6 Å². The molecule has 1 atom stereocenters. The zero-order chi connectivity index (χ0) is 13.3. The van der Waals surface area contributed by atoms with E-state index in [1.807, 2.05) is 6.92 Å². The first kappa shape index (κ1) is 16.1. The van der Waals surface area contributed by atoms with Crippen molar-refractivity contribution in [3.63, 3.8) is 0 Å². The Morgan fingerprint density at radius 3 is 2.53 bits per heavy atom. The Hall–Kier alpha value is -0.870. The second-order valence-corrected chi connectivity index (χ2v) is 4.61. The summed E-state index contributed by atoms with van der Waals surface area (Å²) in [5.74, 6) is -0.494. The molecule has 0 radical (unpaired) electrons. The molecule has 0 saturated carbocycles. The molecule has 0 rings (SSSR count). The highest BCUT2D eigenvalue weighted by atomic mass is 17.5. The number of carbonyl (C=O) groups excluding carboxylic acids is 1. The van der Waals surface area contributed by atoms with E-state index in [0.29, 0.717) is 0 Å². The Morgan fingerprint density at radius 1 is 1.41 bits per heavy atom. The van der Waals surface area contributed by atoms with Gasteiger partial charge in [-0.1, -0.05) is 32.8 Å². The van der Waals surface area contributed by atoms with Crippen molar-refractivity contribution in [3.05, 3.63) is 12.7 Å². The van der Waals surface area contributed by atoms with E-state index in [2.05, 4.69) is 23.4 Å². The lowest BCUT2D eigenvalue weighted by molar-refractivity contribution is -0.511. The van der Waals surface area contributed by atoms with E-state index in [1.165, 1.54) is 0 Å². The van der Waals surface area contributed by atoms with Crippen LogP contribution in [0.15, 0.2) is 12.7 Å². The van der Waals surface area contributed by atoms with Crippen molar-refractivity contribution in [3.8, 4) is 0 Å². The molecular weight excluding hydrogens is 220 g/mol. The Kier molecular flexibility index (Phi) is 7.83. The smallest absolute Gasteiger partial charge is 0.268 e. The SMILES string of the molecule is C=CC(C)(C)OOOC(=O)C(CC)CCCC. The summed E-state index contributed by atoms with van der Waals surface area (Å²) in [5, 5.41) is 4.49. The average Bonchev–Trinajstić information content (AvgIpc) is 2.30. The molecule has 0 saturated heterocycles. The highest BCUT2D eigenvalue weighted by Gasteiger charge is 2.21. The van der Waals surface area contributed by atoms with Gasteiger partial charge in [-0.2, -0.15) is 4.89 Å². The molecule has 0 amide bonds. The summed E-state index contributed by atoms with van der Waals surface area (Å²) in [6, 6.07) is 0. The Balaban J connectivity index is 3.94. The van der Waals surface area contributed by atoms with Gasteiger partial charge in [-0.25, -0.2) is 4.79 Å². The molecule has 0 aliphatic carbocycles. The van der Waals surface area contributed by atoms with Gasteiger partial charge in [0, 0.05) is 0 Å². The molecule has 0 aromatic heterocycles. The van der Waals surface area contributed by atoms with Crippen LogP contribution < -0.4 is 0 Å². The van der Waals surface area contributed by atoms with Gasteiger partial charge >= 0.3 is 5.97 Å². The fourth-order valence-corrected chi connectivity index (χ4v) is 1.18. The van der Waals surface area contributed by atoms with Crippen molar-refractivity contribution in [1.82, 2.24) is 0 Å². The van der Waals surface area contributed by atoms with E-state index in [4.69, 9.17) is 4.89 Å². The van der Waals surface area contributed by atoms with Gasteiger partial charge < -0.3 is 0 Å². The molecule has 4 nitrogen and oxygen atoms in total. The quantitative estimate of drug-likeness (QED) is 0.353. The first-order valence-electron chi connectivity index (χ1n) is 6.16. The first-order valence-corrected chi connectivity index (χ1v) is 6.16. The van der Waals surface area contributed by atoms with E-state index in [-0.39, 0.29) is 11.9 Å². The maximum Gasteiger partial charge on any atom is 0.348 e. The molecule has 4 heteroatoms. The number of unbranched alkanes of at least 4 members (excludes halogenated alkanes) is 1. The monoisotopic (exact) mass is 244 g/mol. The van der Waals surface area contributed by atoms with Crippen molar-refractivity contribution < 1.29 is 19.6 Å². The second-order valence-electron chi connectivity index (χ2n) is 4.61. The number of rotatable bonds is 9. The molecule has 0 N–H and O–H groups in total. The predicted octanol–water partition coefficient (Wildman–Crippen LogP) is 3.57. The van der Waals surface area contributed by atoms with Crippen molar-refractivity contribution in [2.75, 3.05) is 0 Å². The fraction of sp³-hybridized carbons (Fsp3) is 0.769. The fourth-order valence-electron chi connectivity index (χ4n) is 1.18. The molecule has 0 heterocycles. The Bertz CT molecular complexity index is 236. The third kappa shape index (κ3) is 7.13. The topological polar surface area (TPSA) is 44.8 Å². The summed E-state index contributed by atoms with van der Waals surface area (Å²) in [6.45, 7) is 11.1. The van der Waals surface area contributed by atoms with Gasteiger partial charge in [0.2, 0.25) is 0 Å². The maximum atomic E-state index is 11.6. The first-order chi connectivity index (χ1) is 7.96. The molecule has 0 bridgehead atoms. The van der Waals surface area contributed by atoms with E-state index >= 15 is 0 Å². The molecule has 0 aromatic rings. The van der Waals surface area contributed by atoms with Crippen molar-refractivity contribution in [2.24, 2.45) is 5.92 Å². The van der Waals surface area contributed by atoms with Crippen LogP contribution in [-0.2, 0) is 19.6 Å². The summed E-state index contributed by atoms with van der Waals surface area (Å²) in [4.78, 5) is 21.1. The highest BCUT2D eigenvalue weighted by Crippen LogP contribution is 2.16. The lowest BCUT2D eigenvalue weighted by Crippen LogP contribution is -2.24. The molecule has 100 valence electrons. The van der Waals surface area contributed by atoms with Crippen molar-refractivity contribution in [1.29, 1.82) is 0 Å². The zero-order valence-corrected chi connectivity index (χ0v) is 11.3. The summed E-state index contributed by atoms with van der Waals surface area (Å²) in [6.07, 6.45) is 5.19. The molecule has 1 unspecified atom stereocenters. The minimum absolute atomic E-state index is 0.120. The Labute approximate surface area is 104 Å². The van der Waals surface area contributed by atoms with Gasteiger partial charge in [-0.05, 0) is 31.7 Å². The molecule has 0 aliphatic heterocycles.